The summed E-state index contributed by atoms with van der Waals surface area (Å²) in [5, 5.41) is 5.59. The van der Waals surface area contributed by atoms with E-state index in [0.29, 0.717) is 6.54 Å². The lowest BCUT2D eigenvalue weighted by molar-refractivity contribution is -0.122. The lowest BCUT2D eigenvalue weighted by Crippen LogP contribution is -2.39. The van der Waals surface area contributed by atoms with Gasteiger partial charge in [0.15, 0.2) is 0 Å². The highest BCUT2D eigenvalue weighted by Crippen LogP contribution is 2.29. The van der Waals surface area contributed by atoms with E-state index in [1.165, 1.54) is 23.6 Å². The zero-order valence-corrected chi connectivity index (χ0v) is 14.1. The van der Waals surface area contributed by atoms with E-state index in [4.69, 9.17) is 0 Å². The van der Waals surface area contributed by atoms with Crippen molar-refractivity contribution in [3.8, 4) is 0 Å². The molecule has 1 aliphatic rings. The van der Waals surface area contributed by atoms with Gasteiger partial charge < -0.3 is 5.32 Å². The Bertz CT molecular complexity index is 678. The fourth-order valence-electron chi connectivity index (χ4n) is 3.02. The van der Waals surface area contributed by atoms with Crippen LogP contribution in [0.1, 0.15) is 38.3 Å². The van der Waals surface area contributed by atoms with Crippen LogP contribution in [0.3, 0.4) is 0 Å². The third-order valence-electron chi connectivity index (χ3n) is 4.68. The van der Waals surface area contributed by atoms with Crippen LogP contribution in [0.25, 0.3) is 10.8 Å². The zero-order chi connectivity index (χ0) is 16.2. The second-order valence-electron chi connectivity index (χ2n) is 6.67. The first kappa shape index (κ1) is 16.0. The molecule has 0 aliphatic heterocycles. The second-order valence-corrected chi connectivity index (χ2v) is 6.67. The average molecular weight is 310 g/mol. The number of carbonyl (C=O) groups is 1. The van der Waals surface area contributed by atoms with Gasteiger partial charge >= 0.3 is 0 Å². The highest BCUT2D eigenvalue weighted by atomic mass is 16.2. The summed E-state index contributed by atoms with van der Waals surface area (Å²) >= 11 is 0. The summed E-state index contributed by atoms with van der Waals surface area (Å²) in [6, 6.07) is 14.8. The fourth-order valence-corrected chi connectivity index (χ4v) is 3.02. The third-order valence-corrected chi connectivity index (χ3v) is 4.68. The van der Waals surface area contributed by atoms with Gasteiger partial charge in [0.25, 0.3) is 0 Å². The molecular formula is C20H26N2O. The van der Waals surface area contributed by atoms with Crippen molar-refractivity contribution in [2.24, 2.45) is 5.92 Å². The largest absolute Gasteiger partial charge is 0.348 e. The van der Waals surface area contributed by atoms with E-state index in [2.05, 4.69) is 54.4 Å². The van der Waals surface area contributed by atoms with Crippen molar-refractivity contribution in [3.63, 3.8) is 0 Å². The van der Waals surface area contributed by atoms with Crippen molar-refractivity contribution in [3.05, 3.63) is 48.0 Å². The van der Waals surface area contributed by atoms with Crippen molar-refractivity contribution in [1.29, 1.82) is 0 Å². The molecule has 122 valence electrons. The molecule has 1 atom stereocenters. The van der Waals surface area contributed by atoms with Crippen LogP contribution in [0.5, 0.6) is 0 Å². The number of hydrogen-bond acceptors (Lipinski definition) is 2. The predicted octanol–water partition coefficient (Wildman–Crippen LogP) is 3.75. The van der Waals surface area contributed by atoms with Crippen LogP contribution < -0.4 is 5.32 Å². The topological polar surface area (TPSA) is 32.3 Å². The van der Waals surface area contributed by atoms with Gasteiger partial charge in [0.1, 0.15) is 0 Å². The van der Waals surface area contributed by atoms with Crippen molar-refractivity contribution in [2.45, 2.75) is 32.7 Å². The summed E-state index contributed by atoms with van der Waals surface area (Å²) < 4.78 is 0. The fraction of sp³-hybridized carbons (Fsp3) is 0.450. The maximum atomic E-state index is 12.3. The molecule has 2 aromatic carbocycles. The van der Waals surface area contributed by atoms with Crippen LogP contribution in [0.4, 0.5) is 0 Å². The van der Waals surface area contributed by atoms with Crippen molar-refractivity contribution in [1.82, 2.24) is 10.2 Å². The molecule has 0 heterocycles. The summed E-state index contributed by atoms with van der Waals surface area (Å²) in [7, 11) is 0. The number of nitrogens with zero attached hydrogens (tertiary/aromatic N) is 1. The van der Waals surface area contributed by atoms with E-state index >= 15 is 0 Å². The normalized spacial score (nSPS) is 15.8. The van der Waals surface area contributed by atoms with Gasteiger partial charge in [-0.05, 0) is 54.6 Å². The van der Waals surface area contributed by atoms with E-state index in [0.717, 1.165) is 24.6 Å². The van der Waals surface area contributed by atoms with Gasteiger partial charge in [0.2, 0.25) is 5.91 Å². The summed E-state index contributed by atoms with van der Waals surface area (Å²) in [4.78, 5) is 14.6. The third kappa shape index (κ3) is 4.32. The Kier molecular flexibility index (Phi) is 4.97. The minimum Gasteiger partial charge on any atom is -0.348 e. The van der Waals surface area contributed by atoms with Crippen LogP contribution >= 0.6 is 0 Å². The van der Waals surface area contributed by atoms with Gasteiger partial charge in [0, 0.05) is 6.54 Å². The highest BCUT2D eigenvalue weighted by Gasteiger charge is 2.24. The van der Waals surface area contributed by atoms with Crippen LogP contribution in [0.15, 0.2) is 42.5 Å². The zero-order valence-electron chi connectivity index (χ0n) is 14.1. The van der Waals surface area contributed by atoms with Gasteiger partial charge in [-0.15, -0.1) is 0 Å². The van der Waals surface area contributed by atoms with Gasteiger partial charge in [0.05, 0.1) is 12.6 Å². The smallest absolute Gasteiger partial charge is 0.234 e. The molecule has 3 nitrogen and oxygen atoms in total. The molecule has 0 radical (unpaired) electrons. The van der Waals surface area contributed by atoms with Crippen LogP contribution in [0, 0.1) is 5.92 Å². The minimum absolute atomic E-state index is 0.0340. The minimum atomic E-state index is 0.0340. The molecule has 3 rings (SSSR count). The molecule has 3 heteroatoms. The molecule has 1 amide bonds. The Hall–Kier alpha value is -1.87. The summed E-state index contributed by atoms with van der Waals surface area (Å²) in [6.07, 6.45) is 2.65. The molecule has 1 fully saturated rings. The number of fused-ring (bicyclic) bond motifs is 1. The van der Waals surface area contributed by atoms with E-state index in [1.807, 2.05) is 12.1 Å². The SMILES string of the molecule is CCN(CC(=O)NC(C)c1ccc2ccccc2c1)CC1CC1. The Morgan fingerprint density at radius 2 is 1.96 bits per heavy atom. The number of carbonyl (C=O) groups excluding carboxylic acids is 1. The van der Waals surface area contributed by atoms with Crippen LogP contribution in [0.2, 0.25) is 0 Å². The Balaban J connectivity index is 1.59. The number of amides is 1. The molecule has 2 aromatic rings. The molecule has 0 saturated heterocycles. The van der Waals surface area contributed by atoms with E-state index in [-0.39, 0.29) is 11.9 Å². The molecule has 1 N–H and O–H groups in total. The number of benzene rings is 2. The quantitative estimate of drug-likeness (QED) is 0.845. The molecular weight excluding hydrogens is 284 g/mol. The van der Waals surface area contributed by atoms with Gasteiger partial charge in [-0.3, -0.25) is 9.69 Å². The Labute approximate surface area is 138 Å². The Morgan fingerprint density at radius 1 is 1.22 bits per heavy atom. The molecule has 23 heavy (non-hydrogen) atoms. The average Bonchev–Trinajstić information content (AvgIpc) is 3.37. The second kappa shape index (κ2) is 7.14. The molecule has 0 spiro atoms. The van der Waals surface area contributed by atoms with Crippen LogP contribution in [-0.4, -0.2) is 30.4 Å². The lowest BCUT2D eigenvalue weighted by Gasteiger charge is -2.21. The monoisotopic (exact) mass is 310 g/mol. The predicted molar refractivity (Wildman–Crippen MR) is 95.3 cm³/mol. The van der Waals surface area contributed by atoms with Crippen molar-refractivity contribution >= 4 is 16.7 Å². The summed E-state index contributed by atoms with van der Waals surface area (Å²) in [6.45, 7) is 6.69. The maximum Gasteiger partial charge on any atom is 0.234 e. The van der Waals surface area contributed by atoms with Gasteiger partial charge in [-0.25, -0.2) is 0 Å². The number of rotatable bonds is 7. The molecule has 0 bridgehead atoms. The van der Waals surface area contributed by atoms with Crippen molar-refractivity contribution in [2.75, 3.05) is 19.6 Å². The van der Waals surface area contributed by atoms with Crippen LogP contribution in [-0.2, 0) is 4.79 Å². The van der Waals surface area contributed by atoms with E-state index in [9.17, 15) is 4.79 Å². The first-order valence-electron chi connectivity index (χ1n) is 8.66. The van der Waals surface area contributed by atoms with Gasteiger partial charge in [-0.2, -0.15) is 0 Å². The highest BCUT2D eigenvalue weighted by molar-refractivity contribution is 5.83. The summed E-state index contributed by atoms with van der Waals surface area (Å²) in [5.41, 5.74) is 1.15. The number of nitrogens with one attached hydrogen (secondary N) is 1. The number of likely N-dealkylation sites (N-methyl/N-ethyl adjacent to an activating group) is 1. The first-order chi connectivity index (χ1) is 11.2. The van der Waals surface area contributed by atoms with E-state index < -0.39 is 0 Å². The van der Waals surface area contributed by atoms with Crippen molar-refractivity contribution < 1.29 is 4.79 Å². The molecule has 0 aromatic heterocycles. The molecule has 1 saturated carbocycles. The molecule has 1 unspecified atom stereocenters. The van der Waals surface area contributed by atoms with E-state index in [1.54, 1.807) is 0 Å². The maximum absolute atomic E-state index is 12.3. The first-order valence-corrected chi connectivity index (χ1v) is 8.66. The lowest BCUT2D eigenvalue weighted by atomic mass is 10.0. The van der Waals surface area contributed by atoms with Gasteiger partial charge in [-0.1, -0.05) is 43.3 Å². The standard InChI is InChI=1S/C20H26N2O/c1-3-22(13-16-8-9-16)14-20(23)21-15(2)18-11-10-17-6-4-5-7-19(17)12-18/h4-7,10-12,15-16H,3,8-9,13-14H2,1-2H3,(H,21,23). The molecule has 1 aliphatic carbocycles. The number of hydrogen-bond donors (Lipinski definition) is 1. The summed E-state index contributed by atoms with van der Waals surface area (Å²) in [5.74, 6) is 0.939. The Morgan fingerprint density at radius 3 is 2.65 bits per heavy atom.